The van der Waals surface area contributed by atoms with Crippen molar-refractivity contribution in [1.82, 2.24) is 0 Å². The van der Waals surface area contributed by atoms with E-state index in [0.29, 0.717) is 40.1 Å². The Morgan fingerprint density at radius 2 is 2.12 bits per heavy atom. The van der Waals surface area contributed by atoms with Crippen LogP contribution in [0.25, 0.3) is 6.08 Å². The number of phenolic OH excluding ortho intramolecular Hbond substituents is 1. The highest BCUT2D eigenvalue weighted by molar-refractivity contribution is 9.10. The van der Waals surface area contributed by atoms with Gasteiger partial charge in [-0.25, -0.2) is 4.39 Å². The number of carbonyl (C=O) groups is 1. The summed E-state index contributed by atoms with van der Waals surface area (Å²) in [6.07, 6.45) is 2.09. The Hall–Kier alpha value is -2.34. The zero-order valence-corrected chi connectivity index (χ0v) is 14.4. The molecule has 2 aromatic rings. The molecule has 0 bridgehead atoms. The molecule has 6 heteroatoms. The zero-order chi connectivity index (χ0) is 17.3. The Labute approximate surface area is 146 Å². The standard InChI is InChI=1S/C18H14BrFO4/c1-23-16-8-10(7-14(19)18(16)22)6-11-4-5-24-15-3-2-12(20)9-13(15)17(11)21/h2-3,6-9,22H,4-5H2,1H3/b11-6-. The van der Waals surface area contributed by atoms with Crippen molar-refractivity contribution in [3.63, 3.8) is 0 Å². The summed E-state index contributed by atoms with van der Waals surface area (Å²) in [5, 5.41) is 9.86. The molecule has 0 spiro atoms. The second kappa shape index (κ2) is 6.65. The van der Waals surface area contributed by atoms with Crippen molar-refractivity contribution in [2.24, 2.45) is 0 Å². The topological polar surface area (TPSA) is 55.8 Å². The van der Waals surface area contributed by atoms with Gasteiger partial charge in [0.05, 0.1) is 23.8 Å². The Morgan fingerprint density at radius 1 is 1.33 bits per heavy atom. The van der Waals surface area contributed by atoms with Crippen molar-refractivity contribution in [2.75, 3.05) is 13.7 Å². The molecule has 4 nitrogen and oxygen atoms in total. The highest BCUT2D eigenvalue weighted by atomic mass is 79.9. The van der Waals surface area contributed by atoms with E-state index in [4.69, 9.17) is 9.47 Å². The maximum absolute atomic E-state index is 13.5. The number of ketones is 1. The lowest BCUT2D eigenvalue weighted by Crippen LogP contribution is -2.02. The van der Waals surface area contributed by atoms with Crippen LogP contribution in [-0.2, 0) is 0 Å². The largest absolute Gasteiger partial charge is 0.503 e. The number of halogens is 2. The van der Waals surface area contributed by atoms with E-state index < -0.39 is 5.82 Å². The van der Waals surface area contributed by atoms with Gasteiger partial charge in [0.15, 0.2) is 17.3 Å². The van der Waals surface area contributed by atoms with E-state index >= 15 is 0 Å². The number of carbonyl (C=O) groups excluding carboxylic acids is 1. The van der Waals surface area contributed by atoms with Crippen LogP contribution >= 0.6 is 15.9 Å². The lowest BCUT2D eigenvalue weighted by molar-refractivity contribution is 0.103. The molecular formula is C18H14BrFO4. The smallest absolute Gasteiger partial charge is 0.192 e. The minimum Gasteiger partial charge on any atom is -0.503 e. The van der Waals surface area contributed by atoms with Gasteiger partial charge in [0.2, 0.25) is 0 Å². The average Bonchev–Trinajstić information content (AvgIpc) is 2.71. The number of methoxy groups -OCH3 is 1. The third-order valence-corrected chi connectivity index (χ3v) is 4.32. The number of phenols is 1. The van der Waals surface area contributed by atoms with Crippen LogP contribution in [0.15, 0.2) is 40.4 Å². The van der Waals surface area contributed by atoms with Crippen molar-refractivity contribution < 1.29 is 23.8 Å². The Bertz CT molecular complexity index is 845. The van der Waals surface area contributed by atoms with Gasteiger partial charge in [0, 0.05) is 12.0 Å². The second-order valence-corrected chi connectivity index (χ2v) is 6.15. The van der Waals surface area contributed by atoms with Crippen LogP contribution in [0, 0.1) is 5.82 Å². The molecule has 0 radical (unpaired) electrons. The lowest BCUT2D eigenvalue weighted by Gasteiger charge is -2.08. The average molecular weight is 393 g/mol. The molecule has 2 aromatic carbocycles. The Kier molecular flexibility index (Phi) is 4.57. The molecule has 124 valence electrons. The number of aromatic hydroxyl groups is 1. The first kappa shape index (κ1) is 16.5. The van der Waals surface area contributed by atoms with Crippen LogP contribution in [0.3, 0.4) is 0 Å². The van der Waals surface area contributed by atoms with E-state index in [2.05, 4.69) is 15.9 Å². The third-order valence-electron chi connectivity index (χ3n) is 3.72. The maximum atomic E-state index is 13.5. The van der Waals surface area contributed by atoms with E-state index in [1.807, 2.05) is 0 Å². The predicted molar refractivity (Wildman–Crippen MR) is 91.2 cm³/mol. The molecule has 0 saturated heterocycles. The minimum absolute atomic E-state index is 0.0115. The normalized spacial score (nSPS) is 15.6. The molecule has 1 N–H and O–H groups in total. The summed E-state index contributed by atoms with van der Waals surface area (Å²) < 4.78 is 24.6. The van der Waals surface area contributed by atoms with Crippen molar-refractivity contribution in [3.05, 3.63) is 57.3 Å². The highest BCUT2D eigenvalue weighted by Gasteiger charge is 2.22. The number of benzene rings is 2. The summed E-state index contributed by atoms with van der Waals surface area (Å²) in [6.45, 7) is 0.326. The third kappa shape index (κ3) is 3.14. The fraction of sp³-hybridized carbons (Fsp3) is 0.167. The fourth-order valence-electron chi connectivity index (χ4n) is 2.53. The van der Waals surface area contributed by atoms with Crippen molar-refractivity contribution in [2.45, 2.75) is 6.42 Å². The second-order valence-electron chi connectivity index (χ2n) is 5.29. The van der Waals surface area contributed by atoms with E-state index in [0.717, 1.165) is 0 Å². The van der Waals surface area contributed by atoms with E-state index in [1.165, 1.54) is 25.3 Å². The summed E-state index contributed by atoms with van der Waals surface area (Å²) in [6, 6.07) is 7.22. The summed E-state index contributed by atoms with van der Waals surface area (Å²) in [5.74, 6) is -0.0944. The molecule has 0 aromatic heterocycles. The van der Waals surface area contributed by atoms with Crippen LogP contribution in [0.5, 0.6) is 17.2 Å². The van der Waals surface area contributed by atoms with Crippen LogP contribution in [0.4, 0.5) is 4.39 Å². The minimum atomic E-state index is -0.485. The van der Waals surface area contributed by atoms with Gasteiger partial charge in [-0.1, -0.05) is 0 Å². The van der Waals surface area contributed by atoms with E-state index in [-0.39, 0.29) is 17.1 Å². The van der Waals surface area contributed by atoms with Gasteiger partial charge < -0.3 is 14.6 Å². The Morgan fingerprint density at radius 3 is 2.88 bits per heavy atom. The molecule has 1 aliphatic heterocycles. The van der Waals surface area contributed by atoms with Crippen LogP contribution in [-0.4, -0.2) is 24.6 Å². The molecule has 3 rings (SSSR count). The molecule has 0 atom stereocenters. The SMILES string of the molecule is COc1cc(/C=C2/CCOc3ccc(F)cc3C2=O)cc(Br)c1O. The Balaban J connectivity index is 2.04. The molecule has 0 unspecified atom stereocenters. The molecular weight excluding hydrogens is 379 g/mol. The van der Waals surface area contributed by atoms with Gasteiger partial charge in [0.25, 0.3) is 0 Å². The van der Waals surface area contributed by atoms with Crippen molar-refractivity contribution >= 4 is 27.8 Å². The molecule has 0 aliphatic carbocycles. The van der Waals surface area contributed by atoms with Crippen LogP contribution < -0.4 is 9.47 Å². The van der Waals surface area contributed by atoms with Gasteiger partial charge >= 0.3 is 0 Å². The zero-order valence-electron chi connectivity index (χ0n) is 12.8. The molecule has 0 fully saturated rings. The molecule has 0 amide bonds. The fourth-order valence-corrected chi connectivity index (χ4v) is 2.99. The number of ether oxygens (including phenoxy) is 2. The van der Waals surface area contributed by atoms with Crippen molar-refractivity contribution in [3.8, 4) is 17.2 Å². The van der Waals surface area contributed by atoms with Crippen LogP contribution in [0.2, 0.25) is 0 Å². The highest BCUT2D eigenvalue weighted by Crippen LogP contribution is 2.36. The van der Waals surface area contributed by atoms with E-state index in [1.54, 1.807) is 18.2 Å². The van der Waals surface area contributed by atoms with E-state index in [9.17, 15) is 14.3 Å². The first-order chi connectivity index (χ1) is 11.5. The predicted octanol–water partition coefficient (Wildman–Crippen LogP) is 4.35. The number of Topliss-reactive ketones (excluding diaryl/α,β-unsaturated/α-hetero) is 1. The molecule has 1 heterocycles. The first-order valence-corrected chi connectivity index (χ1v) is 8.03. The van der Waals surface area contributed by atoms with Crippen molar-refractivity contribution in [1.29, 1.82) is 0 Å². The number of fused-ring (bicyclic) bond motifs is 1. The summed E-state index contributed by atoms with van der Waals surface area (Å²) in [5.41, 5.74) is 1.39. The monoisotopic (exact) mass is 392 g/mol. The quantitative estimate of drug-likeness (QED) is 0.771. The molecule has 24 heavy (non-hydrogen) atoms. The summed E-state index contributed by atoms with van der Waals surface area (Å²) in [4.78, 5) is 12.7. The van der Waals surface area contributed by atoms with Crippen LogP contribution in [0.1, 0.15) is 22.3 Å². The number of hydrogen-bond acceptors (Lipinski definition) is 4. The lowest BCUT2D eigenvalue weighted by atomic mass is 9.99. The molecule has 0 saturated carbocycles. The van der Waals surface area contributed by atoms with Gasteiger partial charge in [0.1, 0.15) is 11.6 Å². The first-order valence-electron chi connectivity index (χ1n) is 7.23. The number of rotatable bonds is 2. The van der Waals surface area contributed by atoms with Gasteiger partial charge in [-0.15, -0.1) is 0 Å². The van der Waals surface area contributed by atoms with Gasteiger partial charge in [-0.05, 0) is 57.9 Å². The summed E-state index contributed by atoms with van der Waals surface area (Å²) in [7, 11) is 1.45. The maximum Gasteiger partial charge on any atom is 0.192 e. The summed E-state index contributed by atoms with van der Waals surface area (Å²) >= 11 is 3.25. The van der Waals surface area contributed by atoms with Gasteiger partial charge in [-0.3, -0.25) is 4.79 Å². The number of hydrogen-bond donors (Lipinski definition) is 1. The van der Waals surface area contributed by atoms with Gasteiger partial charge in [-0.2, -0.15) is 0 Å². The molecule has 1 aliphatic rings.